The van der Waals surface area contributed by atoms with Crippen LogP contribution in [0.3, 0.4) is 0 Å². The van der Waals surface area contributed by atoms with Crippen molar-refractivity contribution in [2.24, 2.45) is 0 Å². The normalized spacial score (nSPS) is 10.5. The Hall–Kier alpha value is -1.68. The van der Waals surface area contributed by atoms with Crippen LogP contribution in [0.5, 0.6) is 5.75 Å². The van der Waals surface area contributed by atoms with Crippen molar-refractivity contribution in [3.8, 4) is 5.75 Å². The third-order valence-electron chi connectivity index (χ3n) is 3.44. The molecule has 110 valence electrons. The van der Waals surface area contributed by atoms with Gasteiger partial charge in [-0.25, -0.2) is 0 Å². The van der Waals surface area contributed by atoms with Crippen molar-refractivity contribution < 1.29 is 9.53 Å². The van der Waals surface area contributed by atoms with Gasteiger partial charge in [0, 0.05) is 27.4 Å². The molecule has 0 radical (unpaired) electrons. The number of aromatic nitrogens is 1. The molecule has 4 heteroatoms. The Balaban J connectivity index is 2.32. The number of aryl methyl sites for hydroxylation is 2. The SMILES string of the molecule is COc1c(C)cnc(CC(=O)c2cc(C)cc(Br)c2)c1C. The van der Waals surface area contributed by atoms with Crippen LogP contribution in [-0.2, 0) is 6.42 Å². The van der Waals surface area contributed by atoms with Crippen molar-refractivity contribution >= 4 is 21.7 Å². The van der Waals surface area contributed by atoms with Gasteiger partial charge in [-0.2, -0.15) is 0 Å². The molecule has 3 nitrogen and oxygen atoms in total. The molecular weight excluding hydrogens is 330 g/mol. The fraction of sp³-hybridized carbons (Fsp3) is 0.294. The molecular formula is C17H18BrNO2. The maximum absolute atomic E-state index is 12.5. The summed E-state index contributed by atoms with van der Waals surface area (Å²) in [5, 5.41) is 0. The van der Waals surface area contributed by atoms with Gasteiger partial charge < -0.3 is 4.74 Å². The largest absolute Gasteiger partial charge is 0.496 e. The number of methoxy groups -OCH3 is 1. The van der Waals surface area contributed by atoms with E-state index >= 15 is 0 Å². The predicted octanol–water partition coefficient (Wildman–Crippen LogP) is 4.20. The van der Waals surface area contributed by atoms with Gasteiger partial charge in [0.1, 0.15) is 5.75 Å². The standard InChI is InChI=1S/C17H18BrNO2/c1-10-5-13(7-14(18)6-10)16(20)8-15-12(3)17(21-4)11(2)9-19-15/h5-7,9H,8H2,1-4H3. The zero-order chi connectivity index (χ0) is 15.6. The maximum atomic E-state index is 12.5. The number of ether oxygens (including phenoxy) is 1. The van der Waals surface area contributed by atoms with Gasteiger partial charge in [0.25, 0.3) is 0 Å². The molecule has 0 spiro atoms. The van der Waals surface area contributed by atoms with Crippen LogP contribution in [0.4, 0.5) is 0 Å². The van der Waals surface area contributed by atoms with E-state index in [-0.39, 0.29) is 12.2 Å². The van der Waals surface area contributed by atoms with Gasteiger partial charge in [-0.3, -0.25) is 9.78 Å². The van der Waals surface area contributed by atoms with Crippen molar-refractivity contribution in [2.75, 3.05) is 7.11 Å². The molecule has 0 N–H and O–H groups in total. The highest BCUT2D eigenvalue weighted by Gasteiger charge is 2.14. The monoisotopic (exact) mass is 347 g/mol. The molecule has 0 amide bonds. The van der Waals surface area contributed by atoms with Crippen LogP contribution < -0.4 is 4.74 Å². The number of benzene rings is 1. The number of hydrogen-bond donors (Lipinski definition) is 0. The molecule has 0 fully saturated rings. The van der Waals surface area contributed by atoms with Gasteiger partial charge in [-0.05, 0) is 44.5 Å². The van der Waals surface area contributed by atoms with E-state index in [1.165, 1.54) is 0 Å². The molecule has 0 saturated heterocycles. The van der Waals surface area contributed by atoms with E-state index in [1.807, 2.05) is 39.0 Å². The lowest BCUT2D eigenvalue weighted by molar-refractivity contribution is 0.0991. The topological polar surface area (TPSA) is 39.2 Å². The van der Waals surface area contributed by atoms with Crippen LogP contribution in [0, 0.1) is 20.8 Å². The van der Waals surface area contributed by atoms with E-state index in [2.05, 4.69) is 20.9 Å². The second-order valence-corrected chi connectivity index (χ2v) is 6.08. The Bertz CT molecular complexity index is 675. The average Bonchev–Trinajstić information content (AvgIpc) is 2.41. The number of halogens is 1. The van der Waals surface area contributed by atoms with Gasteiger partial charge in [0.05, 0.1) is 19.2 Å². The van der Waals surface area contributed by atoms with Crippen LogP contribution in [-0.4, -0.2) is 17.9 Å². The fourth-order valence-corrected chi connectivity index (χ4v) is 3.01. The maximum Gasteiger partial charge on any atom is 0.168 e. The molecule has 0 atom stereocenters. The summed E-state index contributed by atoms with van der Waals surface area (Å²) in [5.74, 6) is 0.860. The van der Waals surface area contributed by atoms with Gasteiger partial charge in [0.2, 0.25) is 0 Å². The third kappa shape index (κ3) is 3.50. The molecule has 0 aliphatic heterocycles. The fourth-order valence-electron chi connectivity index (χ4n) is 2.40. The molecule has 0 aliphatic carbocycles. The summed E-state index contributed by atoms with van der Waals surface area (Å²) in [7, 11) is 1.64. The van der Waals surface area contributed by atoms with E-state index in [9.17, 15) is 4.79 Å². The molecule has 0 bridgehead atoms. The first-order chi connectivity index (χ1) is 9.92. The van der Waals surface area contributed by atoms with Crippen molar-refractivity contribution in [3.05, 3.63) is 56.8 Å². The lowest BCUT2D eigenvalue weighted by Gasteiger charge is -2.12. The molecule has 0 saturated carbocycles. The van der Waals surface area contributed by atoms with Crippen LogP contribution in [0.1, 0.15) is 32.7 Å². The van der Waals surface area contributed by atoms with E-state index in [0.29, 0.717) is 5.56 Å². The second-order valence-electron chi connectivity index (χ2n) is 5.16. The van der Waals surface area contributed by atoms with Crippen LogP contribution in [0.2, 0.25) is 0 Å². The number of Topliss-reactive ketones (excluding diaryl/α,β-unsaturated/α-hetero) is 1. The number of hydrogen-bond acceptors (Lipinski definition) is 3. The predicted molar refractivity (Wildman–Crippen MR) is 87.2 cm³/mol. The molecule has 0 aliphatic rings. The van der Waals surface area contributed by atoms with Crippen LogP contribution in [0.25, 0.3) is 0 Å². The number of pyridine rings is 1. The molecule has 2 rings (SSSR count). The molecule has 21 heavy (non-hydrogen) atoms. The number of nitrogens with zero attached hydrogens (tertiary/aromatic N) is 1. The van der Waals surface area contributed by atoms with Gasteiger partial charge in [0.15, 0.2) is 5.78 Å². The molecule has 1 heterocycles. The minimum atomic E-state index is 0.0564. The Kier molecular flexibility index (Phi) is 4.78. The minimum Gasteiger partial charge on any atom is -0.496 e. The van der Waals surface area contributed by atoms with Crippen LogP contribution >= 0.6 is 15.9 Å². The summed E-state index contributed by atoms with van der Waals surface area (Å²) in [6.07, 6.45) is 2.03. The summed E-state index contributed by atoms with van der Waals surface area (Å²) < 4.78 is 6.30. The summed E-state index contributed by atoms with van der Waals surface area (Å²) in [5.41, 5.74) is 4.42. The smallest absolute Gasteiger partial charge is 0.168 e. The van der Waals surface area contributed by atoms with E-state index in [0.717, 1.165) is 32.6 Å². The Labute approximate surface area is 133 Å². The van der Waals surface area contributed by atoms with Gasteiger partial charge in [-0.1, -0.05) is 15.9 Å². The highest BCUT2D eigenvalue weighted by atomic mass is 79.9. The summed E-state index contributed by atoms with van der Waals surface area (Å²) in [6, 6.07) is 5.72. The minimum absolute atomic E-state index is 0.0564. The van der Waals surface area contributed by atoms with Gasteiger partial charge in [-0.15, -0.1) is 0 Å². The first-order valence-electron chi connectivity index (χ1n) is 6.72. The first-order valence-corrected chi connectivity index (χ1v) is 7.51. The Morgan fingerprint density at radius 1 is 1.24 bits per heavy atom. The average molecular weight is 348 g/mol. The number of carbonyl (C=O) groups is 1. The summed E-state index contributed by atoms with van der Waals surface area (Å²) >= 11 is 3.43. The van der Waals surface area contributed by atoms with Gasteiger partial charge >= 0.3 is 0 Å². The molecule has 1 aromatic carbocycles. The Morgan fingerprint density at radius 3 is 2.57 bits per heavy atom. The lowest BCUT2D eigenvalue weighted by Crippen LogP contribution is -2.08. The quantitative estimate of drug-likeness (QED) is 0.778. The van der Waals surface area contributed by atoms with Crippen molar-refractivity contribution in [3.63, 3.8) is 0 Å². The lowest BCUT2D eigenvalue weighted by atomic mass is 10.0. The van der Waals surface area contributed by atoms with Crippen molar-refractivity contribution in [1.29, 1.82) is 0 Å². The van der Waals surface area contributed by atoms with E-state index in [4.69, 9.17) is 4.74 Å². The second kappa shape index (κ2) is 6.39. The summed E-state index contributed by atoms with van der Waals surface area (Å²) in [4.78, 5) is 16.8. The molecule has 2 aromatic rings. The molecule has 0 unspecified atom stereocenters. The molecule has 1 aromatic heterocycles. The number of carbonyl (C=O) groups excluding carboxylic acids is 1. The number of rotatable bonds is 4. The first kappa shape index (κ1) is 15.7. The Morgan fingerprint density at radius 2 is 1.95 bits per heavy atom. The van der Waals surface area contributed by atoms with Crippen molar-refractivity contribution in [1.82, 2.24) is 4.98 Å². The van der Waals surface area contributed by atoms with E-state index in [1.54, 1.807) is 13.3 Å². The van der Waals surface area contributed by atoms with Crippen LogP contribution in [0.15, 0.2) is 28.9 Å². The summed E-state index contributed by atoms with van der Waals surface area (Å²) in [6.45, 7) is 5.86. The zero-order valence-electron chi connectivity index (χ0n) is 12.7. The highest BCUT2D eigenvalue weighted by molar-refractivity contribution is 9.10. The zero-order valence-corrected chi connectivity index (χ0v) is 14.2. The third-order valence-corrected chi connectivity index (χ3v) is 3.90. The van der Waals surface area contributed by atoms with E-state index < -0.39 is 0 Å². The highest BCUT2D eigenvalue weighted by Crippen LogP contribution is 2.25. The van der Waals surface area contributed by atoms with Crippen molar-refractivity contribution in [2.45, 2.75) is 27.2 Å². The number of ketones is 1.